The first-order valence-electron chi connectivity index (χ1n) is 13.0. The van der Waals surface area contributed by atoms with Gasteiger partial charge in [-0.05, 0) is 74.5 Å². The van der Waals surface area contributed by atoms with Crippen molar-refractivity contribution in [3.05, 3.63) is 0 Å². The van der Waals surface area contributed by atoms with E-state index in [1.807, 2.05) is 0 Å². The molecule has 0 aromatic heterocycles. The summed E-state index contributed by atoms with van der Waals surface area (Å²) in [5.74, 6) is 2.18. The van der Waals surface area contributed by atoms with Crippen molar-refractivity contribution in [3.63, 3.8) is 0 Å². The van der Waals surface area contributed by atoms with Crippen LogP contribution in [0.2, 0.25) is 0 Å². The number of hydrogen-bond donors (Lipinski definition) is 0. The highest BCUT2D eigenvalue weighted by Crippen LogP contribution is 2.73. The lowest BCUT2D eigenvalue weighted by Crippen LogP contribution is -2.62. The summed E-state index contributed by atoms with van der Waals surface area (Å²) in [5.41, 5.74) is -0.385. The first kappa shape index (κ1) is 23.3. The Balaban J connectivity index is 1.45. The molecule has 10 atom stereocenters. The topological polar surface area (TPSA) is 82.2 Å². The Bertz CT molecular complexity index is 854. The first-order chi connectivity index (χ1) is 15.6. The molecular formula is C27H40O6. The van der Waals surface area contributed by atoms with Gasteiger partial charge in [-0.2, -0.15) is 0 Å². The number of fused-ring (bicyclic) bond motifs is 4. The molecule has 0 N–H and O–H groups in total. The maximum absolute atomic E-state index is 12.5. The number of esters is 2. The van der Waals surface area contributed by atoms with Crippen molar-refractivity contribution in [2.45, 2.75) is 103 Å². The fraction of sp³-hybridized carbons (Fsp3) is 0.889. The second-order valence-corrected chi connectivity index (χ2v) is 12.2. The van der Waals surface area contributed by atoms with Gasteiger partial charge in [0.05, 0.1) is 7.11 Å². The van der Waals surface area contributed by atoms with E-state index in [2.05, 4.69) is 20.8 Å². The highest BCUT2D eigenvalue weighted by Gasteiger charge is 2.77. The molecule has 33 heavy (non-hydrogen) atoms. The highest BCUT2D eigenvalue weighted by molar-refractivity contribution is 5.88. The van der Waals surface area contributed by atoms with Gasteiger partial charge in [0, 0.05) is 30.6 Å². The van der Waals surface area contributed by atoms with Gasteiger partial charge in [-0.3, -0.25) is 14.4 Å². The van der Waals surface area contributed by atoms with Crippen LogP contribution in [0.25, 0.3) is 0 Å². The number of ether oxygens (including phenoxy) is 3. The monoisotopic (exact) mass is 460 g/mol. The van der Waals surface area contributed by atoms with E-state index in [-0.39, 0.29) is 46.4 Å². The molecule has 3 unspecified atom stereocenters. The van der Waals surface area contributed by atoms with Crippen LogP contribution in [0.15, 0.2) is 0 Å². The van der Waals surface area contributed by atoms with E-state index in [0.717, 1.165) is 44.9 Å². The lowest BCUT2D eigenvalue weighted by molar-refractivity contribution is -0.193. The van der Waals surface area contributed by atoms with Gasteiger partial charge in [0.15, 0.2) is 5.78 Å². The summed E-state index contributed by atoms with van der Waals surface area (Å²) in [6.07, 6.45) is 7.61. The van der Waals surface area contributed by atoms with Gasteiger partial charge in [-0.1, -0.05) is 20.8 Å². The third kappa shape index (κ3) is 3.18. The Hall–Kier alpha value is -1.43. The Morgan fingerprint density at radius 2 is 1.91 bits per heavy atom. The van der Waals surface area contributed by atoms with Gasteiger partial charge in [-0.15, -0.1) is 0 Å². The van der Waals surface area contributed by atoms with Crippen LogP contribution in [-0.2, 0) is 28.6 Å². The molecule has 0 aromatic rings. The predicted octanol–water partition coefficient (Wildman–Crippen LogP) is 4.48. The van der Waals surface area contributed by atoms with E-state index in [1.165, 1.54) is 14.0 Å². The Morgan fingerprint density at radius 3 is 2.61 bits per heavy atom. The first-order valence-corrected chi connectivity index (χ1v) is 13.0. The highest BCUT2D eigenvalue weighted by atomic mass is 16.6. The van der Waals surface area contributed by atoms with Crippen molar-refractivity contribution < 1.29 is 28.6 Å². The number of Topliss-reactive ketones (excluding diaryl/α,β-unsaturated/α-hetero) is 1. The molecule has 0 aromatic carbocycles. The molecular weight excluding hydrogens is 420 g/mol. The number of carbonyl (C=O) groups excluding carboxylic acids is 3. The number of epoxide rings is 1. The molecule has 0 bridgehead atoms. The normalized spacial score (nSPS) is 48.6. The number of methoxy groups -OCH3 is 1. The molecule has 4 saturated carbocycles. The molecule has 1 spiro atoms. The smallest absolute Gasteiger partial charge is 0.305 e. The molecule has 1 aliphatic heterocycles. The zero-order chi connectivity index (χ0) is 23.8. The van der Waals surface area contributed by atoms with Crippen molar-refractivity contribution >= 4 is 17.7 Å². The summed E-state index contributed by atoms with van der Waals surface area (Å²) >= 11 is 0. The van der Waals surface area contributed by atoms with Crippen molar-refractivity contribution in [1.29, 1.82) is 0 Å². The predicted molar refractivity (Wildman–Crippen MR) is 121 cm³/mol. The quantitative estimate of drug-likeness (QED) is 0.444. The second-order valence-electron chi connectivity index (χ2n) is 12.2. The van der Waals surface area contributed by atoms with Gasteiger partial charge in [-0.25, -0.2) is 0 Å². The van der Waals surface area contributed by atoms with Gasteiger partial charge in [0.25, 0.3) is 0 Å². The van der Waals surface area contributed by atoms with Gasteiger partial charge >= 0.3 is 11.9 Å². The molecule has 5 fully saturated rings. The Morgan fingerprint density at radius 1 is 1.15 bits per heavy atom. The van der Waals surface area contributed by atoms with Crippen molar-refractivity contribution in [2.75, 3.05) is 7.11 Å². The second kappa shape index (κ2) is 7.79. The molecule has 5 rings (SSSR count). The lowest BCUT2D eigenvalue weighted by atomic mass is 9.43. The number of ketones is 1. The van der Waals surface area contributed by atoms with Crippen LogP contribution in [-0.4, -0.2) is 42.6 Å². The number of hydrogen-bond acceptors (Lipinski definition) is 6. The van der Waals surface area contributed by atoms with E-state index in [1.54, 1.807) is 0 Å². The fourth-order valence-electron chi connectivity index (χ4n) is 9.42. The van der Waals surface area contributed by atoms with Crippen LogP contribution in [0.1, 0.15) is 85.5 Å². The van der Waals surface area contributed by atoms with Crippen molar-refractivity contribution in [1.82, 2.24) is 0 Å². The van der Waals surface area contributed by atoms with E-state index < -0.39 is 0 Å². The summed E-state index contributed by atoms with van der Waals surface area (Å²) in [6.45, 7) is 8.50. The standard InChI is InChI=1S/C27H40O6/c1-15(6-9-23(30)31-5)18-7-8-19-17-10-13-27-24(33-27)21(29)11-12-25(27,3)20(17)14-22(26(18,19)4)32-16(2)28/h15,17-20,22,24H,6-14H2,1-5H3/t15-,17?,18-,19?,20?,22+,24+,25-,26-,27+/m1/s1. The van der Waals surface area contributed by atoms with Crippen LogP contribution in [0.5, 0.6) is 0 Å². The average molecular weight is 461 g/mol. The summed E-state index contributed by atoms with van der Waals surface area (Å²) in [7, 11) is 1.45. The molecule has 184 valence electrons. The van der Waals surface area contributed by atoms with E-state index in [4.69, 9.17) is 14.2 Å². The molecule has 1 heterocycles. The summed E-state index contributed by atoms with van der Waals surface area (Å²) in [6, 6.07) is 0. The minimum absolute atomic E-state index is 0.0250. The van der Waals surface area contributed by atoms with Crippen molar-refractivity contribution in [2.24, 2.45) is 40.4 Å². The Kier molecular flexibility index (Phi) is 5.51. The molecule has 5 aliphatic rings. The average Bonchev–Trinajstić information content (AvgIpc) is 3.42. The third-order valence-electron chi connectivity index (χ3n) is 11.1. The van der Waals surface area contributed by atoms with Gasteiger partial charge in [0.2, 0.25) is 0 Å². The van der Waals surface area contributed by atoms with Crippen LogP contribution in [0, 0.1) is 40.4 Å². The van der Waals surface area contributed by atoms with E-state index in [0.29, 0.717) is 42.4 Å². The molecule has 6 nitrogen and oxygen atoms in total. The van der Waals surface area contributed by atoms with E-state index >= 15 is 0 Å². The zero-order valence-electron chi connectivity index (χ0n) is 20.9. The lowest BCUT2D eigenvalue weighted by Gasteiger charge is -2.61. The maximum Gasteiger partial charge on any atom is 0.305 e. The molecule has 0 amide bonds. The number of carbonyl (C=O) groups is 3. The van der Waals surface area contributed by atoms with Crippen molar-refractivity contribution in [3.8, 4) is 0 Å². The summed E-state index contributed by atoms with van der Waals surface area (Å²) < 4.78 is 17.2. The zero-order valence-corrected chi connectivity index (χ0v) is 20.9. The molecule has 6 heteroatoms. The molecule has 1 saturated heterocycles. The van der Waals surface area contributed by atoms with Gasteiger partial charge < -0.3 is 14.2 Å². The van der Waals surface area contributed by atoms with Crippen LogP contribution in [0.4, 0.5) is 0 Å². The maximum atomic E-state index is 12.5. The van der Waals surface area contributed by atoms with Crippen LogP contribution in [0.3, 0.4) is 0 Å². The fourth-order valence-corrected chi connectivity index (χ4v) is 9.42. The van der Waals surface area contributed by atoms with Crippen LogP contribution >= 0.6 is 0 Å². The number of rotatable bonds is 5. The molecule has 0 radical (unpaired) electrons. The largest absolute Gasteiger partial charge is 0.469 e. The minimum atomic E-state index is -0.274. The summed E-state index contributed by atoms with van der Waals surface area (Å²) in [4.78, 5) is 36.5. The van der Waals surface area contributed by atoms with E-state index in [9.17, 15) is 14.4 Å². The minimum Gasteiger partial charge on any atom is -0.469 e. The summed E-state index contributed by atoms with van der Waals surface area (Å²) in [5, 5.41) is 0. The molecule has 4 aliphatic carbocycles. The Labute approximate surface area is 197 Å². The SMILES string of the molecule is COC(=O)CC[C@@H](C)[C@H]1CCC2C3CC[C@]45O[C@H]4C(=O)CC[C@]5(C)C3C[C@H](OC(C)=O)[C@@]21C. The van der Waals surface area contributed by atoms with Gasteiger partial charge in [0.1, 0.15) is 17.8 Å². The van der Waals surface area contributed by atoms with Crippen LogP contribution < -0.4 is 0 Å². The third-order valence-corrected chi connectivity index (χ3v) is 11.1.